The summed E-state index contributed by atoms with van der Waals surface area (Å²) in [5, 5.41) is 0. The maximum atomic E-state index is 5.39. The zero-order valence-electron chi connectivity index (χ0n) is 13.9. The minimum absolute atomic E-state index is 0.593. The zero-order valence-corrected chi connectivity index (χ0v) is 13.9. The minimum atomic E-state index is 0.593. The van der Waals surface area contributed by atoms with Crippen LogP contribution in [0, 0.1) is 5.92 Å². The second kappa shape index (κ2) is 6.95. The Hall–Kier alpha value is -1.54. The lowest BCUT2D eigenvalue weighted by Crippen LogP contribution is -2.24. The number of methoxy groups -OCH3 is 1. The molecule has 1 aromatic carbocycles. The molecular weight excluding hydrogens is 258 g/mol. The van der Waals surface area contributed by atoms with Crippen molar-refractivity contribution in [1.29, 1.82) is 0 Å². The molecule has 0 bridgehead atoms. The highest BCUT2D eigenvalue weighted by Gasteiger charge is 2.22. The van der Waals surface area contributed by atoms with E-state index < -0.39 is 0 Å². The van der Waals surface area contributed by atoms with Crippen molar-refractivity contribution in [3.05, 3.63) is 47.1 Å². The lowest BCUT2D eigenvalue weighted by Gasteiger charge is -2.29. The largest absolute Gasteiger partial charge is 0.497 e. The predicted molar refractivity (Wildman–Crippen MR) is 90.6 cm³/mol. The van der Waals surface area contributed by atoms with Crippen LogP contribution in [0.15, 0.2) is 41.5 Å². The quantitative estimate of drug-likeness (QED) is 0.813. The normalized spacial score (nSPS) is 18.7. The summed E-state index contributed by atoms with van der Waals surface area (Å²) in [6.45, 7) is 5.52. The Bertz CT molecular complexity index is 550. The summed E-state index contributed by atoms with van der Waals surface area (Å²) < 4.78 is 5.39. The van der Waals surface area contributed by atoms with Crippen LogP contribution in [0.2, 0.25) is 0 Å². The van der Waals surface area contributed by atoms with E-state index >= 15 is 0 Å². The summed E-state index contributed by atoms with van der Waals surface area (Å²) in [5.74, 6) is 1.52. The first-order valence-corrected chi connectivity index (χ1v) is 7.68. The fourth-order valence-corrected chi connectivity index (χ4v) is 3.01. The number of nitrogens with zero attached hydrogens (tertiary/aromatic N) is 1. The number of hydrogen-bond donors (Lipinski definition) is 0. The molecule has 0 radical (unpaired) electrons. The molecule has 2 nitrogen and oxygen atoms in total. The van der Waals surface area contributed by atoms with Crippen molar-refractivity contribution in [2.24, 2.45) is 5.92 Å². The third-order valence-corrected chi connectivity index (χ3v) is 4.16. The van der Waals surface area contributed by atoms with Crippen LogP contribution in [0.25, 0.3) is 5.57 Å². The smallest absolute Gasteiger partial charge is 0.119 e. The van der Waals surface area contributed by atoms with Gasteiger partial charge >= 0.3 is 0 Å². The number of benzene rings is 1. The van der Waals surface area contributed by atoms with Crippen molar-refractivity contribution in [3.8, 4) is 5.75 Å². The number of rotatable bonds is 4. The van der Waals surface area contributed by atoms with Crippen LogP contribution in [0.1, 0.15) is 32.3 Å². The average molecular weight is 285 g/mol. The van der Waals surface area contributed by atoms with Gasteiger partial charge < -0.3 is 9.64 Å². The third-order valence-electron chi connectivity index (χ3n) is 4.16. The molecule has 0 aliphatic heterocycles. The highest BCUT2D eigenvalue weighted by molar-refractivity contribution is 5.72. The molecule has 114 valence electrons. The lowest BCUT2D eigenvalue weighted by atomic mass is 9.80. The summed E-state index contributed by atoms with van der Waals surface area (Å²) in [6.07, 6.45) is 4.82. The molecule has 0 heterocycles. The van der Waals surface area contributed by atoms with Crippen LogP contribution in [0.3, 0.4) is 0 Å². The summed E-state index contributed by atoms with van der Waals surface area (Å²) in [5.41, 5.74) is 5.66. The van der Waals surface area contributed by atoms with Crippen LogP contribution >= 0.6 is 0 Å². The van der Waals surface area contributed by atoms with Gasteiger partial charge in [-0.1, -0.05) is 23.8 Å². The van der Waals surface area contributed by atoms with Gasteiger partial charge in [-0.3, -0.25) is 0 Å². The summed E-state index contributed by atoms with van der Waals surface area (Å²) in [6, 6.07) is 8.45. The molecule has 0 aromatic heterocycles. The third kappa shape index (κ3) is 3.98. The highest BCUT2D eigenvalue weighted by atomic mass is 16.5. The number of allylic oxidation sites excluding steroid dienone is 3. The van der Waals surface area contributed by atoms with Crippen LogP contribution in [-0.2, 0) is 0 Å². The molecule has 1 aliphatic rings. The standard InChI is InChI=1S/C19H27NO/c1-14(2)15-9-10-17(13-20(3)4)19(12-15)16-7-6-8-18(11-16)21-5/h6-8,11-12,17H,9-10,13H2,1-5H3. The lowest BCUT2D eigenvalue weighted by molar-refractivity contribution is 0.352. The minimum Gasteiger partial charge on any atom is -0.497 e. The molecule has 0 spiro atoms. The van der Waals surface area contributed by atoms with E-state index in [1.54, 1.807) is 7.11 Å². The van der Waals surface area contributed by atoms with E-state index in [1.165, 1.54) is 35.1 Å². The summed E-state index contributed by atoms with van der Waals surface area (Å²) >= 11 is 0. The summed E-state index contributed by atoms with van der Waals surface area (Å²) in [7, 11) is 6.03. The highest BCUT2D eigenvalue weighted by Crippen LogP contribution is 2.37. The molecule has 21 heavy (non-hydrogen) atoms. The van der Waals surface area contributed by atoms with Crippen molar-refractivity contribution in [2.75, 3.05) is 27.7 Å². The predicted octanol–water partition coefficient (Wildman–Crippen LogP) is 4.39. The SMILES string of the molecule is COc1cccc(C2=CC(=C(C)C)CCC2CN(C)C)c1. The van der Waals surface area contributed by atoms with Gasteiger partial charge in [-0.05, 0) is 75.5 Å². The maximum Gasteiger partial charge on any atom is 0.119 e. The maximum absolute atomic E-state index is 5.39. The van der Waals surface area contributed by atoms with Crippen molar-refractivity contribution in [2.45, 2.75) is 26.7 Å². The monoisotopic (exact) mass is 285 g/mol. The van der Waals surface area contributed by atoms with Crippen LogP contribution < -0.4 is 4.74 Å². The molecule has 0 fully saturated rings. The van der Waals surface area contributed by atoms with Crippen molar-refractivity contribution < 1.29 is 4.74 Å². The van der Waals surface area contributed by atoms with Gasteiger partial charge in [0.1, 0.15) is 5.75 Å². The first-order chi connectivity index (χ1) is 10.0. The molecular formula is C19H27NO. The molecule has 0 amide bonds. The molecule has 1 aliphatic carbocycles. The van der Waals surface area contributed by atoms with Crippen LogP contribution in [-0.4, -0.2) is 32.6 Å². The van der Waals surface area contributed by atoms with E-state index in [4.69, 9.17) is 4.74 Å². The molecule has 2 heteroatoms. The van der Waals surface area contributed by atoms with Gasteiger partial charge in [0, 0.05) is 6.54 Å². The van der Waals surface area contributed by atoms with E-state index in [-0.39, 0.29) is 0 Å². The molecule has 0 saturated heterocycles. The Morgan fingerprint density at radius 3 is 2.67 bits per heavy atom. The van der Waals surface area contributed by atoms with Crippen LogP contribution in [0.4, 0.5) is 0 Å². The number of hydrogen-bond acceptors (Lipinski definition) is 2. The van der Waals surface area contributed by atoms with Gasteiger partial charge in [0.05, 0.1) is 7.11 Å². The van der Waals surface area contributed by atoms with Gasteiger partial charge in [0.15, 0.2) is 0 Å². The van der Waals surface area contributed by atoms with Crippen LogP contribution in [0.5, 0.6) is 5.75 Å². The molecule has 1 unspecified atom stereocenters. The van der Waals surface area contributed by atoms with Gasteiger partial charge in [0.25, 0.3) is 0 Å². The fraction of sp³-hybridized carbons (Fsp3) is 0.474. The fourth-order valence-electron chi connectivity index (χ4n) is 3.01. The first-order valence-electron chi connectivity index (χ1n) is 7.68. The first kappa shape index (κ1) is 15.8. The second-order valence-electron chi connectivity index (χ2n) is 6.35. The number of ether oxygens (including phenoxy) is 1. The Kier molecular flexibility index (Phi) is 5.24. The molecule has 0 saturated carbocycles. The Labute approximate surface area is 129 Å². The molecule has 1 atom stereocenters. The Morgan fingerprint density at radius 2 is 2.05 bits per heavy atom. The molecule has 0 N–H and O–H groups in total. The Morgan fingerprint density at radius 1 is 1.29 bits per heavy atom. The van der Waals surface area contributed by atoms with Gasteiger partial charge in [-0.15, -0.1) is 0 Å². The van der Waals surface area contributed by atoms with Crippen molar-refractivity contribution in [3.63, 3.8) is 0 Å². The Balaban J connectivity index is 2.42. The zero-order chi connectivity index (χ0) is 15.4. The van der Waals surface area contributed by atoms with Crippen molar-refractivity contribution >= 4 is 5.57 Å². The van der Waals surface area contributed by atoms with Gasteiger partial charge in [-0.25, -0.2) is 0 Å². The average Bonchev–Trinajstić information content (AvgIpc) is 2.47. The molecule has 2 rings (SSSR count). The van der Waals surface area contributed by atoms with Crippen molar-refractivity contribution in [1.82, 2.24) is 4.90 Å². The van der Waals surface area contributed by atoms with Gasteiger partial charge in [0.2, 0.25) is 0 Å². The van der Waals surface area contributed by atoms with E-state index in [0.717, 1.165) is 12.3 Å². The van der Waals surface area contributed by atoms with E-state index in [2.05, 4.69) is 57.1 Å². The van der Waals surface area contributed by atoms with E-state index in [9.17, 15) is 0 Å². The molecule has 1 aromatic rings. The van der Waals surface area contributed by atoms with E-state index in [0.29, 0.717) is 5.92 Å². The topological polar surface area (TPSA) is 12.5 Å². The second-order valence-corrected chi connectivity index (χ2v) is 6.35. The van der Waals surface area contributed by atoms with E-state index in [1.807, 2.05) is 6.07 Å². The van der Waals surface area contributed by atoms with Gasteiger partial charge in [-0.2, -0.15) is 0 Å². The summed E-state index contributed by atoms with van der Waals surface area (Å²) in [4.78, 5) is 2.28.